The van der Waals surface area contributed by atoms with Gasteiger partial charge < -0.3 is 14.8 Å². The fourth-order valence-corrected chi connectivity index (χ4v) is 5.24. The van der Waals surface area contributed by atoms with Gasteiger partial charge in [0.15, 0.2) is 11.5 Å². The molecule has 0 saturated carbocycles. The lowest BCUT2D eigenvalue weighted by Gasteiger charge is -2.22. The third-order valence-electron chi connectivity index (χ3n) is 5.97. The normalized spacial score (nSPS) is 15.2. The summed E-state index contributed by atoms with van der Waals surface area (Å²) in [7, 11) is 0.549. The number of methoxy groups -OCH3 is 2. The maximum Gasteiger partial charge on any atom is 0.337 e. The van der Waals surface area contributed by atoms with Gasteiger partial charge in [-0.05, 0) is 37.6 Å². The summed E-state index contributed by atoms with van der Waals surface area (Å²) in [5.74, 6) is -0.0598. The van der Waals surface area contributed by atoms with Gasteiger partial charge in [-0.3, -0.25) is 4.72 Å². The number of carbonyl (C=O) groups is 1. The number of fused-ring (bicyclic) bond motifs is 1. The van der Waals surface area contributed by atoms with Gasteiger partial charge in [-0.1, -0.05) is 30.3 Å². The third-order valence-corrected chi connectivity index (χ3v) is 7.37. The van der Waals surface area contributed by atoms with E-state index in [4.69, 9.17) is 9.47 Å². The summed E-state index contributed by atoms with van der Waals surface area (Å²) < 4.78 is 54.3. The smallest absolute Gasteiger partial charge is 0.337 e. The number of nitrogens with one attached hydrogen (secondary N) is 2. The molecule has 0 bridgehead atoms. The molecule has 0 aliphatic carbocycles. The Morgan fingerprint density at radius 2 is 1.76 bits per heavy atom. The molecule has 37 heavy (non-hydrogen) atoms. The van der Waals surface area contributed by atoms with E-state index in [0.29, 0.717) is 22.4 Å². The molecular formula is C26H27FN4O5S. The number of urea groups is 1. The van der Waals surface area contributed by atoms with E-state index >= 15 is 4.39 Å². The molecule has 0 radical (unpaired) electrons. The van der Waals surface area contributed by atoms with Crippen LogP contribution >= 0.6 is 0 Å². The lowest BCUT2D eigenvalue weighted by Crippen LogP contribution is -2.41. The van der Waals surface area contributed by atoms with Crippen molar-refractivity contribution in [1.29, 1.82) is 0 Å². The molecule has 2 N–H and O–H groups in total. The first-order valence-corrected chi connectivity index (χ1v) is 12.9. The Bertz CT molecular complexity index is 1440. The number of benzene rings is 3. The van der Waals surface area contributed by atoms with Crippen molar-refractivity contribution >= 4 is 27.5 Å². The van der Waals surface area contributed by atoms with Crippen molar-refractivity contribution in [2.75, 3.05) is 26.0 Å². The van der Waals surface area contributed by atoms with E-state index in [0.717, 1.165) is 0 Å². The van der Waals surface area contributed by atoms with Crippen LogP contribution in [0.25, 0.3) is 0 Å². The lowest BCUT2D eigenvalue weighted by molar-refractivity contribution is 0.184. The minimum atomic E-state index is -3.79. The summed E-state index contributed by atoms with van der Waals surface area (Å²) in [5.41, 5.74) is 1.79. The van der Waals surface area contributed by atoms with E-state index in [1.54, 1.807) is 49.4 Å². The number of nitrogens with zero attached hydrogens (tertiary/aromatic N) is 2. The molecule has 0 fully saturated rings. The molecule has 1 aliphatic heterocycles. The minimum absolute atomic E-state index is 0.128. The third kappa shape index (κ3) is 5.08. The molecule has 194 valence electrons. The van der Waals surface area contributed by atoms with E-state index < -0.39 is 27.9 Å². The molecule has 11 heteroatoms. The molecule has 3 aromatic rings. The Balaban J connectivity index is 1.83. The summed E-state index contributed by atoms with van der Waals surface area (Å²) >= 11 is 0. The van der Waals surface area contributed by atoms with Crippen LogP contribution in [0, 0.1) is 5.82 Å². The monoisotopic (exact) mass is 526 g/mol. The van der Waals surface area contributed by atoms with Crippen molar-refractivity contribution in [3.8, 4) is 11.5 Å². The second-order valence-corrected chi connectivity index (χ2v) is 10.0. The fraction of sp³-hybridized carbons (Fsp3) is 0.231. The average molecular weight is 527 g/mol. The second-order valence-electron chi connectivity index (χ2n) is 8.34. The number of hydrogen-bond donors (Lipinski definition) is 2. The number of hydrogen-bond acceptors (Lipinski definition) is 6. The number of ether oxygens (including phenoxy) is 2. The number of anilines is 1. The van der Waals surface area contributed by atoms with Crippen LogP contribution in [-0.2, 0) is 16.4 Å². The van der Waals surface area contributed by atoms with Crippen LogP contribution in [0.2, 0.25) is 0 Å². The molecular weight excluding hydrogens is 499 g/mol. The minimum Gasteiger partial charge on any atom is -0.493 e. The van der Waals surface area contributed by atoms with Gasteiger partial charge in [0, 0.05) is 29.9 Å². The highest BCUT2D eigenvalue weighted by Gasteiger charge is 2.32. The predicted octanol–water partition coefficient (Wildman–Crippen LogP) is 3.98. The molecule has 9 nitrogen and oxygen atoms in total. The number of amides is 2. The van der Waals surface area contributed by atoms with Crippen LogP contribution in [0.5, 0.6) is 11.5 Å². The van der Waals surface area contributed by atoms with Crippen LogP contribution in [0.1, 0.15) is 23.6 Å². The fourth-order valence-electron chi connectivity index (χ4n) is 4.16. The van der Waals surface area contributed by atoms with Gasteiger partial charge in [-0.15, -0.1) is 0 Å². The highest BCUT2D eigenvalue weighted by molar-refractivity contribution is 7.92. The quantitative estimate of drug-likeness (QED) is 0.505. The Morgan fingerprint density at radius 3 is 2.35 bits per heavy atom. The van der Waals surface area contributed by atoms with E-state index in [-0.39, 0.29) is 28.5 Å². The van der Waals surface area contributed by atoms with E-state index in [1.165, 1.54) is 44.5 Å². The highest BCUT2D eigenvalue weighted by Crippen LogP contribution is 2.39. The molecule has 1 atom stereocenters. The predicted molar refractivity (Wildman–Crippen MR) is 138 cm³/mol. The van der Waals surface area contributed by atoms with E-state index in [9.17, 15) is 13.2 Å². The van der Waals surface area contributed by atoms with Crippen molar-refractivity contribution in [1.82, 2.24) is 10.3 Å². The van der Waals surface area contributed by atoms with Crippen LogP contribution in [0.3, 0.4) is 0 Å². The molecule has 2 amide bonds. The molecule has 0 saturated heterocycles. The first kappa shape index (κ1) is 26.0. The topological polar surface area (TPSA) is 109 Å². The molecule has 3 aromatic carbocycles. The Labute approximate surface area is 214 Å². The van der Waals surface area contributed by atoms with Gasteiger partial charge in [0.1, 0.15) is 11.5 Å². The van der Waals surface area contributed by atoms with E-state index in [1.807, 2.05) is 0 Å². The van der Waals surface area contributed by atoms with Crippen LogP contribution < -0.4 is 19.5 Å². The van der Waals surface area contributed by atoms with Crippen LogP contribution in [0.15, 0.2) is 70.7 Å². The summed E-state index contributed by atoms with van der Waals surface area (Å²) in [4.78, 5) is 12.8. The highest BCUT2D eigenvalue weighted by atomic mass is 32.2. The zero-order valence-electron chi connectivity index (χ0n) is 20.8. The maximum atomic E-state index is 15.3. The van der Waals surface area contributed by atoms with Crippen molar-refractivity contribution < 1.29 is 27.1 Å². The summed E-state index contributed by atoms with van der Waals surface area (Å²) in [6.07, 6.45) is 0.177. The standard InChI is InChI=1S/C26H27FN4O5S/c1-16-14-20-21(27)15-22(35-3)25(36-4)23(20)24(29-31(16)26(32)28-2)17-10-12-18(13-11-17)30-37(33,34)19-8-6-5-7-9-19/h5-13,15-16,30H,14H2,1-4H3,(H,28,32). The molecule has 1 unspecified atom stereocenters. The number of hydrazone groups is 1. The average Bonchev–Trinajstić information content (AvgIpc) is 3.06. The first-order chi connectivity index (χ1) is 17.7. The summed E-state index contributed by atoms with van der Waals surface area (Å²) in [5, 5.41) is 8.43. The van der Waals surface area contributed by atoms with Gasteiger partial charge in [0.05, 0.1) is 30.7 Å². The zero-order chi connectivity index (χ0) is 26.7. The van der Waals surface area contributed by atoms with Crippen LogP contribution in [0.4, 0.5) is 14.9 Å². The first-order valence-electron chi connectivity index (χ1n) is 11.4. The van der Waals surface area contributed by atoms with Gasteiger partial charge in [-0.25, -0.2) is 22.6 Å². The molecule has 4 rings (SSSR count). The van der Waals surface area contributed by atoms with Crippen molar-refractivity contribution in [2.24, 2.45) is 5.10 Å². The van der Waals surface area contributed by atoms with Crippen molar-refractivity contribution in [2.45, 2.75) is 24.3 Å². The second kappa shape index (κ2) is 10.5. The molecule has 0 aromatic heterocycles. The zero-order valence-corrected chi connectivity index (χ0v) is 21.6. The molecule has 1 heterocycles. The van der Waals surface area contributed by atoms with Gasteiger partial charge in [0.2, 0.25) is 0 Å². The lowest BCUT2D eigenvalue weighted by atomic mass is 9.92. The number of rotatable bonds is 6. The van der Waals surface area contributed by atoms with E-state index in [2.05, 4.69) is 15.1 Å². The summed E-state index contributed by atoms with van der Waals surface area (Å²) in [6.45, 7) is 1.77. The van der Waals surface area contributed by atoms with Crippen LogP contribution in [-0.4, -0.2) is 52.5 Å². The SMILES string of the molecule is CNC(=O)N1N=C(c2ccc(NS(=O)(=O)c3ccccc3)cc2)c2c(c(F)cc(OC)c2OC)CC1C. The van der Waals surface area contributed by atoms with Crippen molar-refractivity contribution in [3.05, 3.63) is 83.2 Å². The van der Waals surface area contributed by atoms with Crippen molar-refractivity contribution in [3.63, 3.8) is 0 Å². The number of carbonyl (C=O) groups excluding carboxylic acids is 1. The van der Waals surface area contributed by atoms with Gasteiger partial charge >= 0.3 is 6.03 Å². The Kier molecular flexibility index (Phi) is 7.35. The van der Waals surface area contributed by atoms with Gasteiger partial charge in [-0.2, -0.15) is 5.10 Å². The number of halogens is 1. The Morgan fingerprint density at radius 1 is 1.08 bits per heavy atom. The summed E-state index contributed by atoms with van der Waals surface area (Å²) in [6, 6.07) is 14.7. The maximum absolute atomic E-state index is 15.3. The largest absolute Gasteiger partial charge is 0.493 e. The molecule has 1 aliphatic rings. The Hall–Kier alpha value is -4.12. The molecule has 0 spiro atoms. The number of sulfonamides is 1. The van der Waals surface area contributed by atoms with Gasteiger partial charge in [0.25, 0.3) is 10.0 Å².